The first-order chi connectivity index (χ1) is 12.1. The first-order valence-electron chi connectivity index (χ1n) is 8.35. The van der Waals surface area contributed by atoms with E-state index in [2.05, 4.69) is 20.2 Å². The Morgan fingerprint density at radius 2 is 1.96 bits per heavy atom. The number of hydrogen-bond donors (Lipinski definition) is 0. The number of carbonyl (C=O) groups is 1. The van der Waals surface area contributed by atoms with Crippen molar-refractivity contribution in [3.05, 3.63) is 53.6 Å². The third-order valence-corrected chi connectivity index (χ3v) is 4.65. The van der Waals surface area contributed by atoms with Crippen LogP contribution < -0.4 is 4.90 Å². The van der Waals surface area contributed by atoms with E-state index >= 15 is 0 Å². The van der Waals surface area contributed by atoms with E-state index in [0.29, 0.717) is 17.8 Å². The number of fused-ring (bicyclic) bond motifs is 1. The van der Waals surface area contributed by atoms with Crippen LogP contribution in [0.4, 0.5) is 10.2 Å². The second-order valence-corrected chi connectivity index (χ2v) is 6.37. The van der Waals surface area contributed by atoms with Crippen molar-refractivity contribution in [2.24, 2.45) is 5.92 Å². The van der Waals surface area contributed by atoms with Crippen LogP contribution in [0.1, 0.15) is 29.0 Å². The molecule has 6 nitrogen and oxygen atoms in total. The van der Waals surface area contributed by atoms with Gasteiger partial charge in [-0.25, -0.2) is 4.39 Å². The van der Waals surface area contributed by atoms with Crippen LogP contribution in [0.5, 0.6) is 0 Å². The van der Waals surface area contributed by atoms with Gasteiger partial charge in [0.2, 0.25) is 0 Å². The van der Waals surface area contributed by atoms with Gasteiger partial charge in [-0.3, -0.25) is 4.79 Å². The third kappa shape index (κ3) is 2.97. The smallest absolute Gasteiger partial charge is 0.178 e. The second-order valence-electron chi connectivity index (χ2n) is 6.37. The molecule has 1 fully saturated rings. The standard InChI is InChI=1S/C18H18FN5O/c1-12-20-21-16-8-9-17(22-24(12)16)23-10-2-3-14(11-23)18(25)13-4-6-15(19)7-5-13/h4-9,14H,2-3,10-11H2,1H3/t14-/m1/s1. The number of halogens is 1. The van der Waals surface area contributed by atoms with Gasteiger partial charge >= 0.3 is 0 Å². The second kappa shape index (κ2) is 6.23. The molecule has 3 aromatic rings. The van der Waals surface area contributed by atoms with Crippen molar-refractivity contribution in [1.82, 2.24) is 19.8 Å². The molecule has 1 aliphatic rings. The number of hydrogen-bond acceptors (Lipinski definition) is 5. The number of piperidine rings is 1. The molecule has 0 aliphatic carbocycles. The summed E-state index contributed by atoms with van der Waals surface area (Å²) in [7, 11) is 0. The maximum absolute atomic E-state index is 13.1. The molecule has 0 N–H and O–H groups in total. The lowest BCUT2D eigenvalue weighted by Crippen LogP contribution is -2.39. The molecule has 1 aromatic carbocycles. The van der Waals surface area contributed by atoms with Crippen molar-refractivity contribution in [3.8, 4) is 0 Å². The van der Waals surface area contributed by atoms with E-state index in [1.807, 2.05) is 19.1 Å². The number of aromatic nitrogens is 4. The molecular weight excluding hydrogens is 321 g/mol. The highest BCUT2D eigenvalue weighted by Crippen LogP contribution is 2.24. The number of aryl methyl sites for hydroxylation is 1. The minimum absolute atomic E-state index is 0.0613. The van der Waals surface area contributed by atoms with Crippen LogP contribution in [0, 0.1) is 18.7 Å². The Morgan fingerprint density at radius 3 is 2.76 bits per heavy atom. The SMILES string of the molecule is Cc1nnc2ccc(N3CCC[C@@H](C(=O)c4ccc(F)cc4)C3)nn12. The van der Waals surface area contributed by atoms with Crippen LogP contribution >= 0.6 is 0 Å². The molecule has 1 saturated heterocycles. The van der Waals surface area contributed by atoms with E-state index in [1.54, 1.807) is 16.6 Å². The fourth-order valence-corrected chi connectivity index (χ4v) is 3.30. The van der Waals surface area contributed by atoms with Gasteiger partial charge in [0.15, 0.2) is 17.3 Å². The predicted octanol–water partition coefficient (Wildman–Crippen LogP) is 2.67. The lowest BCUT2D eigenvalue weighted by molar-refractivity contribution is 0.0907. The van der Waals surface area contributed by atoms with E-state index in [9.17, 15) is 9.18 Å². The molecule has 0 saturated carbocycles. The number of benzene rings is 1. The van der Waals surface area contributed by atoms with Crippen molar-refractivity contribution in [2.45, 2.75) is 19.8 Å². The van der Waals surface area contributed by atoms with E-state index < -0.39 is 0 Å². The first kappa shape index (κ1) is 15.7. The van der Waals surface area contributed by atoms with Crippen molar-refractivity contribution in [2.75, 3.05) is 18.0 Å². The highest BCUT2D eigenvalue weighted by molar-refractivity contribution is 5.98. The van der Waals surface area contributed by atoms with Gasteiger partial charge in [-0.05, 0) is 56.2 Å². The summed E-state index contributed by atoms with van der Waals surface area (Å²) < 4.78 is 14.8. The molecule has 0 bridgehead atoms. The monoisotopic (exact) mass is 339 g/mol. The fraction of sp³-hybridized carbons (Fsp3) is 0.333. The topological polar surface area (TPSA) is 63.4 Å². The Labute approximate surface area is 144 Å². The van der Waals surface area contributed by atoms with Gasteiger partial charge < -0.3 is 4.90 Å². The first-order valence-corrected chi connectivity index (χ1v) is 8.35. The Balaban J connectivity index is 1.56. The molecule has 7 heteroatoms. The highest BCUT2D eigenvalue weighted by atomic mass is 19.1. The van der Waals surface area contributed by atoms with Gasteiger partial charge in [0, 0.05) is 24.6 Å². The number of rotatable bonds is 3. The number of nitrogens with zero attached hydrogens (tertiary/aromatic N) is 5. The van der Waals surface area contributed by atoms with Crippen molar-refractivity contribution >= 4 is 17.2 Å². The Bertz CT molecular complexity index is 921. The summed E-state index contributed by atoms with van der Waals surface area (Å²) in [5.41, 5.74) is 1.27. The van der Waals surface area contributed by atoms with E-state index in [0.717, 1.165) is 31.0 Å². The minimum atomic E-state index is -0.330. The summed E-state index contributed by atoms with van der Waals surface area (Å²) in [6.45, 7) is 3.32. The van der Waals surface area contributed by atoms with Gasteiger partial charge in [0.1, 0.15) is 11.6 Å². The van der Waals surface area contributed by atoms with Gasteiger partial charge in [0.05, 0.1) is 0 Å². The van der Waals surface area contributed by atoms with Crippen LogP contribution in [0.15, 0.2) is 36.4 Å². The average molecular weight is 339 g/mol. The molecule has 2 aromatic heterocycles. The van der Waals surface area contributed by atoms with Gasteiger partial charge in [-0.2, -0.15) is 4.52 Å². The maximum Gasteiger partial charge on any atom is 0.178 e. The summed E-state index contributed by atoms with van der Waals surface area (Å²) in [6.07, 6.45) is 1.75. The number of carbonyl (C=O) groups excluding carboxylic acids is 1. The predicted molar refractivity (Wildman–Crippen MR) is 91.2 cm³/mol. The molecule has 0 unspecified atom stereocenters. The van der Waals surface area contributed by atoms with E-state index in [4.69, 9.17) is 0 Å². The number of Topliss-reactive ketones (excluding diaryl/α,β-unsaturated/α-hetero) is 1. The molecule has 1 atom stereocenters. The Hall–Kier alpha value is -2.83. The van der Waals surface area contributed by atoms with Crippen LogP contribution in [0.25, 0.3) is 5.65 Å². The van der Waals surface area contributed by atoms with Crippen LogP contribution in [-0.2, 0) is 0 Å². The van der Waals surface area contributed by atoms with Crippen molar-refractivity contribution in [3.63, 3.8) is 0 Å². The highest BCUT2D eigenvalue weighted by Gasteiger charge is 2.27. The third-order valence-electron chi connectivity index (χ3n) is 4.65. The quantitative estimate of drug-likeness (QED) is 0.687. The van der Waals surface area contributed by atoms with E-state index in [1.165, 1.54) is 12.1 Å². The minimum Gasteiger partial charge on any atom is -0.354 e. The maximum atomic E-state index is 13.1. The molecule has 0 spiro atoms. The summed E-state index contributed by atoms with van der Waals surface area (Å²) in [5, 5.41) is 12.7. The normalized spacial score (nSPS) is 17.8. The lowest BCUT2D eigenvalue weighted by Gasteiger charge is -2.32. The largest absolute Gasteiger partial charge is 0.354 e. The number of ketones is 1. The molecule has 0 radical (unpaired) electrons. The van der Waals surface area contributed by atoms with Gasteiger partial charge in [-0.1, -0.05) is 0 Å². The summed E-state index contributed by atoms with van der Waals surface area (Å²) >= 11 is 0. The van der Waals surface area contributed by atoms with Crippen LogP contribution in [-0.4, -0.2) is 38.7 Å². The molecule has 0 amide bonds. The zero-order chi connectivity index (χ0) is 17.4. The van der Waals surface area contributed by atoms with Crippen LogP contribution in [0.3, 0.4) is 0 Å². The fourth-order valence-electron chi connectivity index (χ4n) is 3.30. The average Bonchev–Trinajstić information content (AvgIpc) is 3.02. The van der Waals surface area contributed by atoms with Crippen molar-refractivity contribution < 1.29 is 9.18 Å². The van der Waals surface area contributed by atoms with Gasteiger partial charge in [-0.15, -0.1) is 15.3 Å². The molecule has 3 heterocycles. The zero-order valence-electron chi connectivity index (χ0n) is 13.9. The summed E-state index contributed by atoms with van der Waals surface area (Å²) in [4.78, 5) is 14.8. The van der Waals surface area contributed by atoms with Crippen molar-refractivity contribution in [1.29, 1.82) is 0 Å². The lowest BCUT2D eigenvalue weighted by atomic mass is 9.90. The van der Waals surface area contributed by atoms with E-state index in [-0.39, 0.29) is 17.5 Å². The summed E-state index contributed by atoms with van der Waals surface area (Å²) in [6, 6.07) is 9.57. The van der Waals surface area contributed by atoms with Crippen LogP contribution in [0.2, 0.25) is 0 Å². The molecule has 25 heavy (non-hydrogen) atoms. The molecular formula is C18H18FN5O. The Kier molecular flexibility index (Phi) is 3.91. The van der Waals surface area contributed by atoms with Gasteiger partial charge in [0.25, 0.3) is 0 Å². The zero-order valence-corrected chi connectivity index (χ0v) is 13.9. The summed E-state index contributed by atoms with van der Waals surface area (Å²) in [5.74, 6) is 1.16. The Morgan fingerprint density at radius 1 is 1.16 bits per heavy atom. The molecule has 1 aliphatic heterocycles. The molecule has 4 rings (SSSR count). The molecule has 128 valence electrons. The number of anilines is 1.